The summed E-state index contributed by atoms with van der Waals surface area (Å²) in [5.41, 5.74) is 0.518. The summed E-state index contributed by atoms with van der Waals surface area (Å²) in [5, 5.41) is 10.2. The number of β-amino-alcohol motifs (C(OH)–C–C–N with tert-alkyl or cyclic N) is 1. The van der Waals surface area contributed by atoms with Gasteiger partial charge in [0.25, 0.3) is 5.56 Å². The number of aliphatic hydroxyl groups excluding tert-OH is 1. The average Bonchev–Trinajstić information content (AvgIpc) is 2.84. The summed E-state index contributed by atoms with van der Waals surface area (Å²) in [6.07, 6.45) is 3.75. The van der Waals surface area contributed by atoms with Gasteiger partial charge in [0.15, 0.2) is 5.82 Å². The lowest BCUT2D eigenvalue weighted by Crippen LogP contribution is -2.59. The van der Waals surface area contributed by atoms with Gasteiger partial charge in [-0.15, -0.1) is 0 Å². The second-order valence-electron chi connectivity index (χ2n) is 5.76. The molecule has 110 valence electrons. The van der Waals surface area contributed by atoms with E-state index in [-0.39, 0.29) is 11.7 Å². The smallest absolute Gasteiger partial charge is 0.258 e. The van der Waals surface area contributed by atoms with E-state index in [0.29, 0.717) is 16.9 Å². The Morgan fingerprint density at radius 2 is 2.14 bits per heavy atom. The van der Waals surface area contributed by atoms with Gasteiger partial charge in [-0.1, -0.05) is 0 Å². The van der Waals surface area contributed by atoms with Crippen molar-refractivity contribution in [2.75, 3.05) is 31.1 Å². The van der Waals surface area contributed by atoms with Gasteiger partial charge in [0.1, 0.15) is 5.52 Å². The molecule has 0 aromatic carbocycles. The molecular formula is C14H17N5O2. The van der Waals surface area contributed by atoms with Crippen LogP contribution < -0.4 is 10.5 Å². The van der Waals surface area contributed by atoms with Crippen LogP contribution >= 0.6 is 0 Å². The Morgan fingerprint density at radius 3 is 2.90 bits per heavy atom. The number of rotatable bonds is 2. The minimum absolute atomic E-state index is 0.136. The molecule has 4 heterocycles. The van der Waals surface area contributed by atoms with Gasteiger partial charge in [0, 0.05) is 38.4 Å². The highest BCUT2D eigenvalue weighted by Gasteiger charge is 2.36. The molecular weight excluding hydrogens is 270 g/mol. The predicted molar refractivity (Wildman–Crippen MR) is 78.4 cm³/mol. The minimum Gasteiger partial charge on any atom is -0.392 e. The standard InChI is InChI=1S/C14H17N5O2/c20-10-2-4-18(7-10)9-5-19(6-9)13-12-11(1-3-15-13)14(21)17-8-16-12/h1,3,8-10,20H,2,4-7H2,(H,16,17,21)/t10-/m1/s1. The van der Waals surface area contributed by atoms with Crippen LogP contribution in [-0.4, -0.2) is 63.3 Å². The van der Waals surface area contributed by atoms with E-state index in [2.05, 4.69) is 24.8 Å². The van der Waals surface area contributed by atoms with Gasteiger partial charge < -0.3 is 15.0 Å². The zero-order valence-corrected chi connectivity index (χ0v) is 11.6. The number of H-pyrrole nitrogens is 1. The second kappa shape index (κ2) is 4.78. The Hall–Kier alpha value is -1.99. The molecule has 7 nitrogen and oxygen atoms in total. The van der Waals surface area contributed by atoms with E-state index in [0.717, 1.165) is 38.4 Å². The normalized spacial score (nSPS) is 23.7. The predicted octanol–water partition coefficient (Wildman–Crippen LogP) is -0.427. The number of fused-ring (bicyclic) bond motifs is 1. The molecule has 1 atom stereocenters. The fourth-order valence-electron chi connectivity index (χ4n) is 3.18. The second-order valence-corrected chi connectivity index (χ2v) is 5.76. The number of aliphatic hydroxyl groups is 1. The number of nitrogens with zero attached hydrogens (tertiary/aromatic N) is 4. The lowest BCUT2D eigenvalue weighted by atomic mass is 10.1. The molecule has 0 aliphatic carbocycles. The van der Waals surface area contributed by atoms with Crippen LogP contribution in [0.4, 0.5) is 5.82 Å². The SMILES string of the molecule is O=c1[nH]cnc2c(N3CC(N4CC[C@@H](O)C4)C3)nccc12. The lowest BCUT2D eigenvalue weighted by molar-refractivity contribution is 0.147. The molecule has 21 heavy (non-hydrogen) atoms. The molecule has 0 unspecified atom stereocenters. The van der Waals surface area contributed by atoms with Gasteiger partial charge >= 0.3 is 0 Å². The van der Waals surface area contributed by atoms with Crippen molar-refractivity contribution < 1.29 is 5.11 Å². The molecule has 2 aliphatic rings. The fraction of sp³-hybridized carbons (Fsp3) is 0.500. The number of aromatic nitrogens is 3. The largest absolute Gasteiger partial charge is 0.392 e. The van der Waals surface area contributed by atoms with Crippen molar-refractivity contribution in [3.05, 3.63) is 28.9 Å². The molecule has 0 amide bonds. The van der Waals surface area contributed by atoms with Crippen molar-refractivity contribution in [3.8, 4) is 0 Å². The number of hydrogen-bond donors (Lipinski definition) is 2. The number of likely N-dealkylation sites (tertiary alicyclic amines) is 1. The molecule has 0 bridgehead atoms. The van der Waals surface area contributed by atoms with Crippen molar-refractivity contribution in [1.82, 2.24) is 19.9 Å². The first-order chi connectivity index (χ1) is 10.2. The van der Waals surface area contributed by atoms with Gasteiger partial charge in [-0.2, -0.15) is 0 Å². The van der Waals surface area contributed by atoms with E-state index < -0.39 is 0 Å². The Morgan fingerprint density at radius 1 is 1.29 bits per heavy atom. The summed E-state index contributed by atoms with van der Waals surface area (Å²) in [4.78, 5) is 27.5. The minimum atomic E-state index is -0.185. The Balaban J connectivity index is 1.56. The topological polar surface area (TPSA) is 85.4 Å². The summed E-state index contributed by atoms with van der Waals surface area (Å²) in [7, 11) is 0. The monoisotopic (exact) mass is 287 g/mol. The van der Waals surface area contributed by atoms with E-state index in [4.69, 9.17) is 0 Å². The maximum absolute atomic E-state index is 11.8. The van der Waals surface area contributed by atoms with Crippen molar-refractivity contribution in [1.29, 1.82) is 0 Å². The van der Waals surface area contributed by atoms with Crippen molar-refractivity contribution in [2.45, 2.75) is 18.6 Å². The highest BCUT2D eigenvalue weighted by atomic mass is 16.3. The molecule has 2 aromatic rings. The van der Waals surface area contributed by atoms with E-state index in [1.54, 1.807) is 12.3 Å². The highest BCUT2D eigenvalue weighted by Crippen LogP contribution is 2.27. The zero-order chi connectivity index (χ0) is 14.4. The first-order valence-corrected chi connectivity index (χ1v) is 7.22. The summed E-state index contributed by atoms with van der Waals surface area (Å²) in [5.74, 6) is 0.773. The fourth-order valence-corrected chi connectivity index (χ4v) is 3.18. The molecule has 0 spiro atoms. The van der Waals surface area contributed by atoms with Gasteiger partial charge in [-0.05, 0) is 12.5 Å². The lowest BCUT2D eigenvalue weighted by Gasteiger charge is -2.44. The molecule has 7 heteroatoms. The maximum atomic E-state index is 11.8. The van der Waals surface area contributed by atoms with Gasteiger partial charge in [0.05, 0.1) is 17.8 Å². The molecule has 2 aliphatic heterocycles. The highest BCUT2D eigenvalue weighted by molar-refractivity contribution is 5.87. The molecule has 2 aromatic heterocycles. The van der Waals surface area contributed by atoms with E-state index in [1.165, 1.54) is 6.33 Å². The molecule has 0 radical (unpaired) electrons. The van der Waals surface area contributed by atoms with Crippen LogP contribution in [0.25, 0.3) is 10.9 Å². The van der Waals surface area contributed by atoms with Crippen LogP contribution in [0.1, 0.15) is 6.42 Å². The van der Waals surface area contributed by atoms with Crippen molar-refractivity contribution in [3.63, 3.8) is 0 Å². The average molecular weight is 287 g/mol. The van der Waals surface area contributed by atoms with Crippen molar-refractivity contribution >= 4 is 16.7 Å². The summed E-state index contributed by atoms with van der Waals surface area (Å²) < 4.78 is 0. The number of anilines is 1. The number of hydrogen-bond acceptors (Lipinski definition) is 6. The number of nitrogens with one attached hydrogen (secondary N) is 1. The summed E-state index contributed by atoms with van der Waals surface area (Å²) in [6, 6.07) is 2.15. The van der Waals surface area contributed by atoms with E-state index in [1.807, 2.05) is 0 Å². The Labute approximate surface area is 121 Å². The van der Waals surface area contributed by atoms with Crippen LogP contribution in [0.2, 0.25) is 0 Å². The van der Waals surface area contributed by atoms with E-state index in [9.17, 15) is 9.90 Å². The van der Waals surface area contributed by atoms with Crippen LogP contribution in [0, 0.1) is 0 Å². The third kappa shape index (κ3) is 2.09. The quantitative estimate of drug-likeness (QED) is 0.780. The molecule has 4 rings (SSSR count). The van der Waals surface area contributed by atoms with Crippen LogP contribution in [0.15, 0.2) is 23.4 Å². The molecule has 2 saturated heterocycles. The Kier molecular flexibility index (Phi) is 2.90. The molecule has 2 fully saturated rings. The number of aromatic amines is 1. The zero-order valence-electron chi connectivity index (χ0n) is 11.6. The van der Waals surface area contributed by atoms with Gasteiger partial charge in [-0.25, -0.2) is 9.97 Å². The first kappa shape index (κ1) is 12.7. The van der Waals surface area contributed by atoms with E-state index >= 15 is 0 Å². The van der Waals surface area contributed by atoms with Gasteiger partial charge in [0.2, 0.25) is 0 Å². The summed E-state index contributed by atoms with van der Waals surface area (Å²) >= 11 is 0. The Bertz CT molecular complexity index is 725. The van der Waals surface area contributed by atoms with Crippen LogP contribution in [-0.2, 0) is 0 Å². The van der Waals surface area contributed by atoms with Crippen LogP contribution in [0.5, 0.6) is 0 Å². The molecule has 0 saturated carbocycles. The van der Waals surface area contributed by atoms with Crippen LogP contribution in [0.3, 0.4) is 0 Å². The third-order valence-electron chi connectivity index (χ3n) is 4.41. The first-order valence-electron chi connectivity index (χ1n) is 7.22. The van der Waals surface area contributed by atoms with Gasteiger partial charge in [-0.3, -0.25) is 9.69 Å². The third-order valence-corrected chi connectivity index (χ3v) is 4.41. The number of pyridine rings is 1. The van der Waals surface area contributed by atoms with Crippen molar-refractivity contribution in [2.24, 2.45) is 0 Å². The maximum Gasteiger partial charge on any atom is 0.258 e. The molecule has 2 N–H and O–H groups in total. The summed E-state index contributed by atoms with van der Waals surface area (Å²) in [6.45, 7) is 3.46.